The summed E-state index contributed by atoms with van der Waals surface area (Å²) in [4.78, 5) is 25.1. The van der Waals surface area contributed by atoms with E-state index in [-0.39, 0.29) is 10.6 Å². The van der Waals surface area contributed by atoms with Crippen molar-refractivity contribution in [1.29, 1.82) is 0 Å². The largest absolute Gasteiger partial charge is 0.448 e. The van der Waals surface area contributed by atoms with E-state index in [1.54, 1.807) is 18.2 Å². The van der Waals surface area contributed by atoms with Gasteiger partial charge in [0.1, 0.15) is 0 Å². The van der Waals surface area contributed by atoms with E-state index in [9.17, 15) is 18.0 Å². The van der Waals surface area contributed by atoms with E-state index in [1.807, 2.05) is 6.07 Å². The van der Waals surface area contributed by atoms with Crippen molar-refractivity contribution in [3.8, 4) is 0 Å². The molecular formula is C22H24N4O5S. The summed E-state index contributed by atoms with van der Waals surface area (Å²) in [5.41, 5.74) is 1.20. The molecule has 0 unspecified atom stereocenters. The summed E-state index contributed by atoms with van der Waals surface area (Å²) in [6.45, 7) is 2.50. The van der Waals surface area contributed by atoms with Crippen LogP contribution in [0.3, 0.4) is 0 Å². The molecule has 1 atom stereocenters. The highest BCUT2D eigenvalue weighted by Gasteiger charge is 2.26. The van der Waals surface area contributed by atoms with Crippen LogP contribution in [-0.2, 0) is 19.6 Å². The van der Waals surface area contributed by atoms with Gasteiger partial charge < -0.3 is 10.1 Å². The van der Waals surface area contributed by atoms with Gasteiger partial charge in [-0.25, -0.2) is 13.2 Å². The molecule has 0 aliphatic carbocycles. The van der Waals surface area contributed by atoms with E-state index in [2.05, 4.69) is 15.5 Å². The third-order valence-corrected chi connectivity index (χ3v) is 7.30. The Balaban J connectivity index is 1.38. The molecule has 0 bridgehead atoms. The van der Waals surface area contributed by atoms with Crippen molar-refractivity contribution in [2.45, 2.75) is 37.2 Å². The van der Waals surface area contributed by atoms with Gasteiger partial charge in [0.2, 0.25) is 10.0 Å². The van der Waals surface area contributed by atoms with Gasteiger partial charge in [0.05, 0.1) is 10.4 Å². The molecule has 2 aromatic carbocycles. The molecule has 1 aliphatic rings. The summed E-state index contributed by atoms with van der Waals surface area (Å²) in [5, 5.41) is 9.96. The van der Waals surface area contributed by atoms with Crippen LogP contribution in [0, 0.1) is 0 Å². The summed E-state index contributed by atoms with van der Waals surface area (Å²) < 4.78 is 32.2. The number of hydrogen-bond acceptors (Lipinski definition) is 6. The zero-order valence-electron chi connectivity index (χ0n) is 17.6. The van der Waals surface area contributed by atoms with Gasteiger partial charge in [-0.3, -0.25) is 9.89 Å². The van der Waals surface area contributed by atoms with Crippen molar-refractivity contribution < 1.29 is 22.7 Å². The van der Waals surface area contributed by atoms with Crippen LogP contribution < -0.4 is 5.32 Å². The van der Waals surface area contributed by atoms with Crippen LogP contribution in [0.2, 0.25) is 0 Å². The molecule has 9 nitrogen and oxygen atoms in total. The number of piperidine rings is 1. The molecule has 32 heavy (non-hydrogen) atoms. The molecule has 1 aliphatic heterocycles. The lowest BCUT2D eigenvalue weighted by molar-refractivity contribution is -0.123. The van der Waals surface area contributed by atoms with E-state index < -0.39 is 28.0 Å². The van der Waals surface area contributed by atoms with Gasteiger partial charge in [-0.2, -0.15) is 9.40 Å². The number of para-hydroxylation sites is 1. The molecule has 4 rings (SSSR count). The predicted molar refractivity (Wildman–Crippen MR) is 119 cm³/mol. The number of anilines is 1. The Morgan fingerprint density at radius 1 is 1.06 bits per heavy atom. The number of carbonyl (C=O) groups excluding carboxylic acids is 2. The van der Waals surface area contributed by atoms with Crippen molar-refractivity contribution >= 4 is 38.5 Å². The summed E-state index contributed by atoms with van der Waals surface area (Å²) in [5.74, 6) is -1.25. The molecule has 1 aromatic heterocycles. The highest BCUT2D eigenvalue weighted by molar-refractivity contribution is 7.89. The van der Waals surface area contributed by atoms with Gasteiger partial charge in [0.25, 0.3) is 5.91 Å². The summed E-state index contributed by atoms with van der Waals surface area (Å²) in [6, 6.07) is 13.1. The molecule has 1 fully saturated rings. The Bertz CT molecular complexity index is 1230. The first-order valence-corrected chi connectivity index (χ1v) is 11.9. The van der Waals surface area contributed by atoms with Gasteiger partial charge in [-0.05, 0) is 50.1 Å². The normalized spacial score (nSPS) is 15.9. The van der Waals surface area contributed by atoms with Gasteiger partial charge in [0.15, 0.2) is 11.8 Å². The molecule has 0 saturated carbocycles. The maximum Gasteiger partial charge on any atom is 0.360 e. The minimum Gasteiger partial charge on any atom is -0.448 e. The SMILES string of the molecule is C[C@@H](OC(=O)c1n[nH]c2ccccc12)C(=O)Nc1ccc(S(=O)(=O)N2CCCCC2)cc1. The molecule has 10 heteroatoms. The van der Waals surface area contributed by atoms with Crippen molar-refractivity contribution in [2.24, 2.45) is 0 Å². The third kappa shape index (κ3) is 4.51. The third-order valence-electron chi connectivity index (χ3n) is 5.39. The smallest absolute Gasteiger partial charge is 0.360 e. The molecule has 3 aromatic rings. The number of sulfonamides is 1. The standard InChI is InChI=1S/C22H24N4O5S/c1-15(31-22(28)20-18-7-3-4-8-19(18)24-25-20)21(27)23-16-9-11-17(12-10-16)32(29,30)26-13-5-2-6-14-26/h3-4,7-12,15H,2,5-6,13-14H2,1H3,(H,23,27)(H,24,25)/t15-/m1/s1. The van der Waals surface area contributed by atoms with Crippen molar-refractivity contribution in [3.63, 3.8) is 0 Å². The Labute approximate surface area is 185 Å². The first-order valence-electron chi connectivity index (χ1n) is 10.4. The number of esters is 1. The predicted octanol–water partition coefficient (Wildman–Crippen LogP) is 2.92. The minimum atomic E-state index is -3.54. The highest BCUT2D eigenvalue weighted by Crippen LogP contribution is 2.22. The molecule has 0 radical (unpaired) electrons. The first kappa shape index (κ1) is 22.0. The molecule has 1 saturated heterocycles. The van der Waals surface area contributed by atoms with E-state index in [0.29, 0.717) is 29.7 Å². The van der Waals surface area contributed by atoms with Gasteiger partial charge >= 0.3 is 5.97 Å². The van der Waals surface area contributed by atoms with Crippen LogP contribution in [0.15, 0.2) is 53.4 Å². The Kier molecular flexibility index (Phi) is 6.24. The van der Waals surface area contributed by atoms with Crippen LogP contribution in [0.5, 0.6) is 0 Å². The number of ether oxygens (including phenoxy) is 1. The fourth-order valence-corrected chi connectivity index (χ4v) is 5.11. The molecular weight excluding hydrogens is 432 g/mol. The van der Waals surface area contributed by atoms with Crippen LogP contribution in [0.4, 0.5) is 5.69 Å². The Morgan fingerprint density at radius 3 is 2.47 bits per heavy atom. The number of fused-ring (bicyclic) bond motifs is 1. The van der Waals surface area contributed by atoms with E-state index in [1.165, 1.54) is 35.5 Å². The number of aromatic nitrogens is 2. The topological polar surface area (TPSA) is 121 Å². The summed E-state index contributed by atoms with van der Waals surface area (Å²) in [6.07, 6.45) is 1.68. The van der Waals surface area contributed by atoms with Gasteiger partial charge in [-0.15, -0.1) is 0 Å². The second-order valence-corrected chi connectivity index (χ2v) is 9.58. The molecule has 2 N–H and O–H groups in total. The number of rotatable bonds is 6. The number of H-pyrrole nitrogens is 1. The summed E-state index contributed by atoms with van der Waals surface area (Å²) in [7, 11) is -3.54. The van der Waals surface area contributed by atoms with Crippen LogP contribution in [-0.4, -0.2) is 54.0 Å². The quantitative estimate of drug-likeness (QED) is 0.550. The van der Waals surface area contributed by atoms with E-state index in [4.69, 9.17) is 4.74 Å². The Morgan fingerprint density at radius 2 is 1.75 bits per heavy atom. The van der Waals surface area contributed by atoms with E-state index in [0.717, 1.165) is 19.3 Å². The van der Waals surface area contributed by atoms with Crippen LogP contribution in [0.25, 0.3) is 10.9 Å². The number of aromatic amines is 1. The second-order valence-electron chi connectivity index (χ2n) is 7.64. The number of benzene rings is 2. The lowest BCUT2D eigenvalue weighted by atomic mass is 10.2. The minimum absolute atomic E-state index is 0.104. The zero-order chi connectivity index (χ0) is 22.7. The molecule has 1 amide bonds. The summed E-state index contributed by atoms with van der Waals surface area (Å²) >= 11 is 0. The fraction of sp³-hybridized carbons (Fsp3) is 0.318. The zero-order valence-corrected chi connectivity index (χ0v) is 18.4. The number of nitrogens with one attached hydrogen (secondary N) is 2. The second kappa shape index (κ2) is 9.09. The lowest BCUT2D eigenvalue weighted by Gasteiger charge is -2.25. The van der Waals surface area contributed by atoms with E-state index >= 15 is 0 Å². The van der Waals surface area contributed by atoms with Crippen molar-refractivity contribution in [1.82, 2.24) is 14.5 Å². The number of nitrogens with zero attached hydrogens (tertiary/aromatic N) is 2. The molecule has 0 spiro atoms. The fourth-order valence-electron chi connectivity index (χ4n) is 3.60. The Hall–Kier alpha value is -3.24. The van der Waals surface area contributed by atoms with Crippen molar-refractivity contribution in [3.05, 3.63) is 54.2 Å². The maximum absolute atomic E-state index is 12.7. The molecule has 168 valence electrons. The van der Waals surface area contributed by atoms with Crippen LogP contribution >= 0.6 is 0 Å². The average molecular weight is 457 g/mol. The number of amides is 1. The highest BCUT2D eigenvalue weighted by atomic mass is 32.2. The lowest BCUT2D eigenvalue weighted by Crippen LogP contribution is -2.35. The number of carbonyl (C=O) groups is 2. The number of hydrogen-bond donors (Lipinski definition) is 2. The maximum atomic E-state index is 12.7. The average Bonchev–Trinajstić information content (AvgIpc) is 3.24. The van der Waals surface area contributed by atoms with Gasteiger partial charge in [-0.1, -0.05) is 24.6 Å². The molecule has 2 heterocycles. The van der Waals surface area contributed by atoms with Gasteiger partial charge in [0, 0.05) is 24.2 Å². The van der Waals surface area contributed by atoms with Crippen molar-refractivity contribution in [2.75, 3.05) is 18.4 Å². The first-order chi connectivity index (χ1) is 15.4. The van der Waals surface area contributed by atoms with Crippen LogP contribution in [0.1, 0.15) is 36.7 Å². The monoisotopic (exact) mass is 456 g/mol.